The van der Waals surface area contributed by atoms with E-state index in [4.69, 9.17) is 0 Å². The van der Waals surface area contributed by atoms with Crippen molar-refractivity contribution in [1.29, 1.82) is 0 Å². The fourth-order valence-electron chi connectivity index (χ4n) is 11.5. The molecule has 0 aliphatic carbocycles. The second-order valence-corrected chi connectivity index (χ2v) is 20.1. The average molecular weight is 1080 g/mol. The van der Waals surface area contributed by atoms with Crippen molar-refractivity contribution >= 4 is 77.7 Å². The van der Waals surface area contributed by atoms with Crippen LogP contribution in [0.15, 0.2) is 267 Å². The molecule has 0 spiro atoms. The summed E-state index contributed by atoms with van der Waals surface area (Å²) < 4.78 is 102. The molecule has 12 aromatic carbocycles. The van der Waals surface area contributed by atoms with Gasteiger partial charge in [0.05, 0.1) is 27.6 Å². The van der Waals surface area contributed by atoms with Gasteiger partial charge in [-0.1, -0.05) is 133 Å². The quantitative estimate of drug-likeness (QED) is 0.0948. The minimum Gasteiger partial charge on any atom is -0.310 e. The number of rotatable bonds is 11. The third kappa shape index (κ3) is 8.51. The molecule has 4 nitrogen and oxygen atoms in total. The first-order valence-corrected chi connectivity index (χ1v) is 26.6. The summed E-state index contributed by atoms with van der Waals surface area (Å²) in [6.45, 7) is 0. The Bertz CT molecular complexity index is 4690. The van der Waals surface area contributed by atoms with Gasteiger partial charge in [-0.05, 0) is 161 Å². The number of hydrogen-bond acceptors (Lipinski definition) is 2. The van der Waals surface area contributed by atoms with Crippen molar-refractivity contribution in [3.8, 4) is 44.8 Å². The second kappa shape index (κ2) is 20.3. The SMILES string of the molecule is Fc1ccc(-n2c3ccccc3c3cc(N(c4ccc(-c5ccccc5)cc4)c4ccc(-c5c(F)c(F)c(N(c6ccc(-c7ccccc7)cc6)c6ccc7c(c6)c6ccccc6n7-c6ccc(F)cc6)c(F)c5F)cc4)ccc32)cc1. The molecule has 2 heterocycles. The zero-order chi connectivity index (χ0) is 55.6. The van der Waals surface area contributed by atoms with Gasteiger partial charge >= 0.3 is 0 Å². The predicted molar refractivity (Wildman–Crippen MR) is 321 cm³/mol. The molecule has 0 aliphatic rings. The number of aromatic nitrogens is 2. The van der Waals surface area contributed by atoms with Crippen molar-refractivity contribution in [2.24, 2.45) is 0 Å². The normalized spacial score (nSPS) is 11.5. The molecule has 14 aromatic rings. The van der Waals surface area contributed by atoms with Crippen LogP contribution in [-0.2, 0) is 0 Å². The van der Waals surface area contributed by atoms with Gasteiger partial charge in [0.1, 0.15) is 17.3 Å². The molecule has 0 N–H and O–H groups in total. The van der Waals surface area contributed by atoms with E-state index >= 15 is 17.6 Å². The summed E-state index contributed by atoms with van der Waals surface area (Å²) in [5.41, 5.74) is 9.24. The predicted octanol–water partition coefficient (Wildman–Crippen LogP) is 20.7. The van der Waals surface area contributed by atoms with E-state index in [1.54, 1.807) is 78.9 Å². The summed E-state index contributed by atoms with van der Waals surface area (Å²) >= 11 is 0. The van der Waals surface area contributed by atoms with Gasteiger partial charge in [0.2, 0.25) is 0 Å². The van der Waals surface area contributed by atoms with Gasteiger partial charge in [0.15, 0.2) is 23.3 Å². The fourth-order valence-corrected chi connectivity index (χ4v) is 11.5. The first-order valence-electron chi connectivity index (χ1n) is 26.6. The topological polar surface area (TPSA) is 16.3 Å². The third-order valence-corrected chi connectivity index (χ3v) is 15.3. The van der Waals surface area contributed by atoms with Crippen LogP contribution in [0.3, 0.4) is 0 Å². The van der Waals surface area contributed by atoms with Crippen molar-refractivity contribution in [1.82, 2.24) is 9.13 Å². The first-order chi connectivity index (χ1) is 40.2. The standard InChI is InChI=1S/C72H44F6N4/c73-50-25-35-55(36-26-50)81-63-17-9-7-15-59(63)61-43-57(39-41-65(61)81)79(52-29-19-47(20-30-52)45-11-3-1-4-12-45)53-33-23-49(24-34-53)67-68(75)70(77)72(71(78)69(67)76)80(54-31-21-48(22-32-54)46-13-5-2-6-14-46)58-40-42-66-62(44-58)60-16-8-10-18-64(60)82(66)56-37-27-51(74)28-38-56/h1-44H. The molecular formula is C72H44F6N4. The number of hydrogen-bond donors (Lipinski definition) is 0. The highest BCUT2D eigenvalue weighted by molar-refractivity contribution is 6.12. The highest BCUT2D eigenvalue weighted by atomic mass is 19.2. The van der Waals surface area contributed by atoms with Crippen molar-refractivity contribution in [3.63, 3.8) is 0 Å². The first kappa shape index (κ1) is 49.7. The van der Waals surface area contributed by atoms with Crippen molar-refractivity contribution in [2.75, 3.05) is 9.80 Å². The third-order valence-electron chi connectivity index (χ3n) is 15.3. The van der Waals surface area contributed by atoms with Crippen molar-refractivity contribution < 1.29 is 26.3 Å². The molecule has 10 heteroatoms. The summed E-state index contributed by atoms with van der Waals surface area (Å²) in [5.74, 6) is -7.06. The molecule has 0 bridgehead atoms. The number of anilines is 6. The molecule has 0 saturated carbocycles. The maximum Gasteiger partial charge on any atom is 0.186 e. The van der Waals surface area contributed by atoms with Gasteiger partial charge < -0.3 is 18.9 Å². The van der Waals surface area contributed by atoms with Crippen LogP contribution in [0.4, 0.5) is 60.5 Å². The van der Waals surface area contributed by atoms with Crippen LogP contribution in [0.1, 0.15) is 0 Å². The van der Waals surface area contributed by atoms with Crippen LogP contribution in [0.5, 0.6) is 0 Å². The summed E-state index contributed by atoms with van der Waals surface area (Å²) in [4.78, 5) is 3.21. The molecule has 2 aromatic heterocycles. The zero-order valence-corrected chi connectivity index (χ0v) is 43.5. The van der Waals surface area contributed by atoms with Crippen LogP contribution >= 0.6 is 0 Å². The van der Waals surface area contributed by atoms with Crippen LogP contribution in [0.25, 0.3) is 88.4 Å². The Morgan fingerprint density at radius 2 is 0.573 bits per heavy atom. The lowest BCUT2D eigenvalue weighted by molar-refractivity contribution is 0.461. The Hall–Kier alpha value is -10.6. The molecule has 0 fully saturated rings. The number of benzene rings is 12. The smallest absolute Gasteiger partial charge is 0.186 e. The Morgan fingerprint density at radius 1 is 0.244 bits per heavy atom. The Kier molecular flexibility index (Phi) is 12.3. The van der Waals surface area contributed by atoms with E-state index in [1.165, 1.54) is 41.3 Å². The molecule has 0 amide bonds. The largest absolute Gasteiger partial charge is 0.310 e. The van der Waals surface area contributed by atoms with E-state index in [2.05, 4.69) is 10.6 Å². The highest BCUT2D eigenvalue weighted by Crippen LogP contribution is 2.47. The highest BCUT2D eigenvalue weighted by Gasteiger charge is 2.32. The molecule has 82 heavy (non-hydrogen) atoms. The number of halogens is 6. The lowest BCUT2D eigenvalue weighted by atomic mass is 10.0. The van der Waals surface area contributed by atoms with E-state index in [0.717, 1.165) is 72.0 Å². The molecule has 0 atom stereocenters. The Labute approximate surface area is 467 Å². The maximum atomic E-state index is 17.5. The van der Waals surface area contributed by atoms with Crippen LogP contribution in [-0.4, -0.2) is 9.13 Å². The summed E-state index contributed by atoms with van der Waals surface area (Å²) in [6, 6.07) is 80.0. The van der Waals surface area contributed by atoms with E-state index in [1.807, 2.05) is 155 Å². The lowest BCUT2D eigenvalue weighted by Gasteiger charge is -2.28. The molecule has 0 saturated heterocycles. The summed E-state index contributed by atoms with van der Waals surface area (Å²) in [5, 5.41) is 3.36. The van der Waals surface area contributed by atoms with Gasteiger partial charge in [-0.3, -0.25) is 0 Å². The maximum absolute atomic E-state index is 17.5. The minimum absolute atomic E-state index is 0.0888. The average Bonchev–Trinajstić information content (AvgIpc) is 3.27. The zero-order valence-electron chi connectivity index (χ0n) is 43.5. The lowest BCUT2D eigenvalue weighted by Crippen LogP contribution is -2.16. The van der Waals surface area contributed by atoms with E-state index in [0.29, 0.717) is 22.3 Å². The number of nitrogens with zero attached hydrogens (tertiary/aromatic N) is 4. The van der Waals surface area contributed by atoms with Gasteiger partial charge in [-0.15, -0.1) is 0 Å². The Morgan fingerprint density at radius 3 is 1.00 bits per heavy atom. The Balaban J connectivity index is 0.890. The number of fused-ring (bicyclic) bond motifs is 6. The van der Waals surface area contributed by atoms with Gasteiger partial charge in [0, 0.05) is 61.4 Å². The van der Waals surface area contributed by atoms with Crippen molar-refractivity contribution in [3.05, 3.63) is 302 Å². The molecular weight excluding hydrogens is 1030 g/mol. The molecule has 0 radical (unpaired) electrons. The van der Waals surface area contributed by atoms with Gasteiger partial charge in [-0.25, -0.2) is 26.3 Å². The molecule has 0 unspecified atom stereocenters. The van der Waals surface area contributed by atoms with Gasteiger partial charge in [-0.2, -0.15) is 0 Å². The number of para-hydroxylation sites is 2. The van der Waals surface area contributed by atoms with Crippen molar-refractivity contribution in [2.45, 2.75) is 0 Å². The monoisotopic (exact) mass is 1080 g/mol. The van der Waals surface area contributed by atoms with E-state index in [9.17, 15) is 8.78 Å². The summed E-state index contributed by atoms with van der Waals surface area (Å²) in [6.07, 6.45) is 0. The summed E-state index contributed by atoms with van der Waals surface area (Å²) in [7, 11) is 0. The minimum atomic E-state index is -1.59. The van der Waals surface area contributed by atoms with Crippen LogP contribution in [0, 0.1) is 34.9 Å². The fraction of sp³-hybridized carbons (Fsp3) is 0. The van der Waals surface area contributed by atoms with Gasteiger partial charge in [0.25, 0.3) is 0 Å². The van der Waals surface area contributed by atoms with Crippen LogP contribution in [0.2, 0.25) is 0 Å². The molecule has 0 aliphatic heterocycles. The van der Waals surface area contributed by atoms with E-state index in [-0.39, 0.29) is 22.8 Å². The molecule has 394 valence electrons. The van der Waals surface area contributed by atoms with Crippen LogP contribution < -0.4 is 9.80 Å². The second-order valence-electron chi connectivity index (χ2n) is 20.1. The molecule has 14 rings (SSSR count). The van der Waals surface area contributed by atoms with E-state index < -0.39 is 40.3 Å².